The van der Waals surface area contributed by atoms with Gasteiger partial charge in [-0.3, -0.25) is 18.7 Å². The topological polar surface area (TPSA) is 89.2 Å². The van der Waals surface area contributed by atoms with Gasteiger partial charge in [0.2, 0.25) is 5.91 Å². The van der Waals surface area contributed by atoms with Crippen molar-refractivity contribution in [3.05, 3.63) is 50.8 Å². The highest BCUT2D eigenvalue weighted by atomic mass is 16.2. The van der Waals surface area contributed by atoms with E-state index in [4.69, 9.17) is 0 Å². The van der Waals surface area contributed by atoms with Crippen LogP contribution in [0.5, 0.6) is 0 Å². The van der Waals surface area contributed by atoms with E-state index in [2.05, 4.69) is 10.3 Å². The molecular formula is C18H23N5O3. The van der Waals surface area contributed by atoms with Crippen LogP contribution < -0.4 is 21.5 Å². The van der Waals surface area contributed by atoms with Crippen molar-refractivity contribution in [2.45, 2.75) is 19.8 Å². The summed E-state index contributed by atoms with van der Waals surface area (Å²) >= 11 is 0. The molecule has 1 aliphatic heterocycles. The average Bonchev–Trinajstić information content (AvgIpc) is 2.63. The van der Waals surface area contributed by atoms with Crippen LogP contribution in [0, 0.1) is 12.8 Å². The molecule has 1 aliphatic rings. The Hall–Kier alpha value is -2.90. The first-order valence-corrected chi connectivity index (χ1v) is 8.62. The van der Waals surface area contributed by atoms with Crippen molar-refractivity contribution in [1.29, 1.82) is 0 Å². The number of amides is 1. The molecule has 1 fully saturated rings. The van der Waals surface area contributed by atoms with Crippen LogP contribution in [0.2, 0.25) is 0 Å². The monoisotopic (exact) mass is 357 g/mol. The predicted octanol–water partition coefficient (Wildman–Crippen LogP) is 0.643. The van der Waals surface area contributed by atoms with Crippen LogP contribution in [0.15, 0.2) is 34.0 Å². The summed E-state index contributed by atoms with van der Waals surface area (Å²) in [5.74, 6) is 0.754. The van der Waals surface area contributed by atoms with E-state index in [9.17, 15) is 14.4 Å². The fourth-order valence-corrected chi connectivity index (χ4v) is 3.26. The molecule has 8 heteroatoms. The summed E-state index contributed by atoms with van der Waals surface area (Å²) in [5, 5.41) is 2.86. The Balaban J connectivity index is 1.78. The van der Waals surface area contributed by atoms with E-state index in [-0.39, 0.29) is 23.1 Å². The minimum Gasteiger partial charge on any atom is -0.357 e. The number of aryl methyl sites for hydroxylation is 1. The van der Waals surface area contributed by atoms with E-state index < -0.39 is 0 Å². The zero-order valence-corrected chi connectivity index (χ0v) is 15.2. The molecule has 8 nitrogen and oxygen atoms in total. The van der Waals surface area contributed by atoms with Gasteiger partial charge in [0, 0.05) is 39.4 Å². The summed E-state index contributed by atoms with van der Waals surface area (Å²) in [5.41, 5.74) is 0.303. The molecule has 138 valence electrons. The van der Waals surface area contributed by atoms with Gasteiger partial charge in [-0.1, -0.05) is 0 Å². The van der Waals surface area contributed by atoms with Crippen LogP contribution in [0.1, 0.15) is 18.4 Å². The number of hydrogen-bond donors (Lipinski definition) is 1. The lowest BCUT2D eigenvalue weighted by Crippen LogP contribution is -2.45. The van der Waals surface area contributed by atoms with Crippen LogP contribution in [0.25, 0.3) is 0 Å². The van der Waals surface area contributed by atoms with E-state index in [1.165, 1.54) is 17.7 Å². The van der Waals surface area contributed by atoms with Crippen molar-refractivity contribution in [2.75, 3.05) is 23.3 Å². The molecule has 0 saturated carbocycles. The van der Waals surface area contributed by atoms with Crippen molar-refractivity contribution in [3.63, 3.8) is 0 Å². The van der Waals surface area contributed by atoms with Gasteiger partial charge in [0.1, 0.15) is 11.6 Å². The normalized spacial score (nSPS) is 17.2. The zero-order chi connectivity index (χ0) is 18.8. The third kappa shape index (κ3) is 3.54. The van der Waals surface area contributed by atoms with E-state index in [1.54, 1.807) is 13.2 Å². The van der Waals surface area contributed by atoms with Gasteiger partial charge in [0.05, 0.1) is 5.92 Å². The van der Waals surface area contributed by atoms with Crippen molar-refractivity contribution in [3.8, 4) is 0 Å². The molecule has 1 atom stereocenters. The molecule has 0 radical (unpaired) electrons. The number of nitrogens with one attached hydrogen (secondary N) is 1. The number of rotatable bonds is 3. The smallest absolute Gasteiger partial charge is 0.332 e. The van der Waals surface area contributed by atoms with Crippen LogP contribution in [0.3, 0.4) is 0 Å². The van der Waals surface area contributed by atoms with Crippen LogP contribution in [-0.4, -0.2) is 33.1 Å². The van der Waals surface area contributed by atoms with E-state index >= 15 is 0 Å². The fraction of sp³-hybridized carbons (Fsp3) is 0.444. The molecule has 0 aliphatic carbocycles. The molecule has 3 heterocycles. The standard InChI is InChI=1S/C18H23N5O3/c1-12-6-7-19-14(9-12)20-17(25)13-5-4-8-23(11-13)15-10-16(24)22(3)18(26)21(15)2/h6-7,9-10,13H,4-5,8,11H2,1-3H3,(H,19,20,25)/t13-/m0/s1. The van der Waals surface area contributed by atoms with Gasteiger partial charge in [-0.05, 0) is 37.5 Å². The fourth-order valence-electron chi connectivity index (χ4n) is 3.26. The SMILES string of the molecule is Cc1ccnc(NC(=O)[C@H]2CCCN(c3cc(=O)n(C)c(=O)n3C)C2)c1. The second kappa shape index (κ2) is 7.15. The lowest BCUT2D eigenvalue weighted by atomic mass is 9.97. The summed E-state index contributed by atoms with van der Waals surface area (Å²) in [6.07, 6.45) is 3.23. The number of carbonyl (C=O) groups is 1. The Morgan fingerprint density at radius 3 is 2.73 bits per heavy atom. The summed E-state index contributed by atoms with van der Waals surface area (Å²) in [6.45, 7) is 3.10. The van der Waals surface area contributed by atoms with E-state index in [1.807, 2.05) is 24.0 Å². The molecular weight excluding hydrogens is 334 g/mol. The van der Waals surface area contributed by atoms with Gasteiger partial charge >= 0.3 is 5.69 Å². The highest BCUT2D eigenvalue weighted by Crippen LogP contribution is 2.22. The van der Waals surface area contributed by atoms with Gasteiger partial charge in [-0.2, -0.15) is 0 Å². The summed E-state index contributed by atoms with van der Waals surface area (Å²) in [4.78, 5) is 42.8. The Bertz CT molecular complexity index is 947. The second-order valence-corrected chi connectivity index (χ2v) is 6.73. The minimum absolute atomic E-state index is 0.0957. The number of pyridine rings is 1. The number of piperidine rings is 1. The highest BCUT2D eigenvalue weighted by molar-refractivity contribution is 5.92. The first kappa shape index (κ1) is 17.9. The number of carbonyl (C=O) groups excluding carboxylic acids is 1. The van der Waals surface area contributed by atoms with Gasteiger partial charge in [-0.25, -0.2) is 9.78 Å². The van der Waals surface area contributed by atoms with Gasteiger partial charge in [0.15, 0.2) is 0 Å². The average molecular weight is 357 g/mol. The number of anilines is 2. The van der Waals surface area contributed by atoms with Gasteiger partial charge in [0.25, 0.3) is 5.56 Å². The summed E-state index contributed by atoms with van der Waals surface area (Å²) < 4.78 is 2.52. The largest absolute Gasteiger partial charge is 0.357 e. The molecule has 0 aromatic carbocycles. The molecule has 1 saturated heterocycles. The van der Waals surface area contributed by atoms with E-state index in [0.717, 1.165) is 23.0 Å². The molecule has 0 bridgehead atoms. The number of nitrogens with zero attached hydrogens (tertiary/aromatic N) is 4. The van der Waals surface area contributed by atoms with Crippen molar-refractivity contribution < 1.29 is 4.79 Å². The van der Waals surface area contributed by atoms with Gasteiger partial charge in [-0.15, -0.1) is 0 Å². The Morgan fingerprint density at radius 1 is 1.23 bits per heavy atom. The van der Waals surface area contributed by atoms with Crippen molar-refractivity contribution in [2.24, 2.45) is 20.0 Å². The lowest BCUT2D eigenvalue weighted by molar-refractivity contribution is -0.120. The maximum absolute atomic E-state index is 12.6. The van der Waals surface area contributed by atoms with Crippen LogP contribution in [-0.2, 0) is 18.9 Å². The molecule has 1 amide bonds. The first-order chi connectivity index (χ1) is 12.4. The Labute approximate surface area is 151 Å². The molecule has 26 heavy (non-hydrogen) atoms. The van der Waals surface area contributed by atoms with Crippen LogP contribution in [0.4, 0.5) is 11.6 Å². The number of hydrogen-bond acceptors (Lipinski definition) is 5. The maximum Gasteiger partial charge on any atom is 0.332 e. The quantitative estimate of drug-likeness (QED) is 0.871. The first-order valence-electron chi connectivity index (χ1n) is 8.62. The minimum atomic E-state index is -0.372. The molecule has 2 aromatic heterocycles. The molecule has 2 aromatic rings. The second-order valence-electron chi connectivity index (χ2n) is 6.73. The lowest BCUT2D eigenvalue weighted by Gasteiger charge is -2.34. The van der Waals surface area contributed by atoms with Gasteiger partial charge < -0.3 is 10.2 Å². The maximum atomic E-state index is 12.6. The van der Waals surface area contributed by atoms with Crippen molar-refractivity contribution >= 4 is 17.5 Å². The third-order valence-corrected chi connectivity index (χ3v) is 4.78. The molecule has 1 N–H and O–H groups in total. The molecule has 0 unspecified atom stereocenters. The van der Waals surface area contributed by atoms with Crippen LogP contribution >= 0.6 is 0 Å². The summed E-state index contributed by atoms with van der Waals surface area (Å²) in [7, 11) is 3.09. The Kier molecular flexibility index (Phi) is 4.92. The zero-order valence-electron chi connectivity index (χ0n) is 15.2. The predicted molar refractivity (Wildman–Crippen MR) is 99.5 cm³/mol. The highest BCUT2D eigenvalue weighted by Gasteiger charge is 2.27. The summed E-state index contributed by atoms with van der Waals surface area (Å²) in [6, 6.07) is 5.14. The Morgan fingerprint density at radius 2 is 2.00 bits per heavy atom. The third-order valence-electron chi connectivity index (χ3n) is 4.78. The van der Waals surface area contributed by atoms with Crippen molar-refractivity contribution in [1.82, 2.24) is 14.1 Å². The molecule has 0 spiro atoms. The number of aromatic nitrogens is 3. The molecule has 3 rings (SSSR count). The van der Waals surface area contributed by atoms with E-state index in [0.29, 0.717) is 24.7 Å².